The maximum absolute atomic E-state index is 12.2. The summed E-state index contributed by atoms with van der Waals surface area (Å²) < 4.78 is 3.36. The molecule has 1 fully saturated rings. The highest BCUT2D eigenvalue weighted by atomic mass is 16.2. The number of hydrogen-bond acceptors (Lipinski definition) is 6. The number of likely N-dealkylation sites (tertiary alicyclic amines) is 1. The van der Waals surface area contributed by atoms with Gasteiger partial charge in [0.1, 0.15) is 18.2 Å². The summed E-state index contributed by atoms with van der Waals surface area (Å²) in [6.45, 7) is 4.66. The maximum Gasteiger partial charge on any atom is 0.222 e. The lowest BCUT2D eigenvalue weighted by atomic mass is 10.1. The van der Waals surface area contributed by atoms with Crippen molar-refractivity contribution in [1.82, 2.24) is 29.2 Å². The Balaban J connectivity index is 1.55. The van der Waals surface area contributed by atoms with E-state index in [9.17, 15) is 14.9 Å². The minimum atomic E-state index is -0.144. The number of fused-ring (bicyclic) bond motifs is 1. The standard InChI is InChI=1S/C24H21N7O2/c1-15-10-18(12-25)28-31(15)24-19(16(2)32)6-8-22(27-24)30-14-26-20-11-17(5-7-21(20)30)13-29-9-3-4-23(29)33/h5-8,10-11,14H,3-4,9,13H2,1-2H3. The van der Waals surface area contributed by atoms with E-state index in [4.69, 9.17) is 4.98 Å². The summed E-state index contributed by atoms with van der Waals surface area (Å²) in [7, 11) is 0. The number of amides is 1. The monoisotopic (exact) mass is 439 g/mol. The van der Waals surface area contributed by atoms with Crippen molar-refractivity contribution in [2.45, 2.75) is 33.2 Å². The average molecular weight is 439 g/mol. The Morgan fingerprint density at radius 2 is 2.06 bits per heavy atom. The minimum absolute atomic E-state index is 0.144. The zero-order valence-electron chi connectivity index (χ0n) is 18.3. The number of Topliss-reactive ketones (excluding diaryl/α,β-unsaturated/α-hetero) is 1. The fourth-order valence-electron chi connectivity index (χ4n) is 4.18. The number of nitrogens with zero attached hydrogens (tertiary/aromatic N) is 7. The van der Waals surface area contributed by atoms with Crippen molar-refractivity contribution in [3.63, 3.8) is 0 Å². The van der Waals surface area contributed by atoms with Crippen molar-refractivity contribution < 1.29 is 9.59 Å². The van der Waals surface area contributed by atoms with Crippen LogP contribution in [0, 0.1) is 18.3 Å². The summed E-state index contributed by atoms with van der Waals surface area (Å²) >= 11 is 0. The first kappa shape index (κ1) is 20.6. The Bertz CT molecular complexity index is 1460. The number of carbonyl (C=O) groups is 2. The van der Waals surface area contributed by atoms with E-state index < -0.39 is 0 Å². The molecule has 9 nitrogen and oxygen atoms in total. The third kappa shape index (κ3) is 3.65. The molecule has 0 unspecified atom stereocenters. The zero-order chi connectivity index (χ0) is 23.1. The predicted molar refractivity (Wildman–Crippen MR) is 120 cm³/mol. The molecule has 0 N–H and O–H groups in total. The highest BCUT2D eigenvalue weighted by Gasteiger charge is 2.21. The number of pyridine rings is 1. The van der Waals surface area contributed by atoms with Crippen molar-refractivity contribution in [3.8, 4) is 17.7 Å². The number of rotatable bonds is 5. The molecule has 3 aromatic heterocycles. The van der Waals surface area contributed by atoms with Gasteiger partial charge in [0.15, 0.2) is 17.3 Å². The fourth-order valence-corrected chi connectivity index (χ4v) is 4.18. The second kappa shape index (κ2) is 7.98. The van der Waals surface area contributed by atoms with E-state index in [1.54, 1.807) is 24.5 Å². The molecule has 33 heavy (non-hydrogen) atoms. The maximum atomic E-state index is 12.2. The summed E-state index contributed by atoms with van der Waals surface area (Å²) in [5, 5.41) is 13.5. The molecule has 0 atom stereocenters. The van der Waals surface area contributed by atoms with Crippen LogP contribution in [0.5, 0.6) is 0 Å². The van der Waals surface area contributed by atoms with Crippen LogP contribution >= 0.6 is 0 Å². The molecule has 1 aliphatic heterocycles. The number of benzene rings is 1. The molecule has 0 bridgehead atoms. The first-order valence-corrected chi connectivity index (χ1v) is 10.7. The van der Waals surface area contributed by atoms with Crippen LogP contribution in [-0.4, -0.2) is 47.5 Å². The number of hydrogen-bond donors (Lipinski definition) is 0. The van der Waals surface area contributed by atoms with Gasteiger partial charge in [-0.2, -0.15) is 10.4 Å². The van der Waals surface area contributed by atoms with Gasteiger partial charge in [0.25, 0.3) is 0 Å². The molecule has 0 spiro atoms. The number of carbonyl (C=O) groups excluding carboxylic acids is 2. The van der Waals surface area contributed by atoms with E-state index in [2.05, 4.69) is 10.1 Å². The molecule has 1 aliphatic rings. The summed E-state index contributed by atoms with van der Waals surface area (Å²) in [4.78, 5) is 35.3. The number of ketones is 1. The Morgan fingerprint density at radius 3 is 2.76 bits per heavy atom. The number of imidazole rings is 1. The third-order valence-electron chi connectivity index (χ3n) is 5.85. The molecular weight excluding hydrogens is 418 g/mol. The van der Waals surface area contributed by atoms with E-state index in [0.29, 0.717) is 35.9 Å². The molecule has 0 radical (unpaired) electrons. The summed E-state index contributed by atoms with van der Waals surface area (Å²) in [5.41, 5.74) is 4.05. The predicted octanol–water partition coefficient (Wildman–Crippen LogP) is 3.11. The molecule has 0 aliphatic carbocycles. The summed E-state index contributed by atoms with van der Waals surface area (Å²) in [5.74, 6) is 0.990. The van der Waals surface area contributed by atoms with Crippen molar-refractivity contribution >= 4 is 22.7 Å². The van der Waals surface area contributed by atoms with Crippen molar-refractivity contribution in [2.24, 2.45) is 0 Å². The van der Waals surface area contributed by atoms with Gasteiger partial charge in [-0.1, -0.05) is 6.07 Å². The van der Waals surface area contributed by atoms with Crippen LogP contribution in [0.3, 0.4) is 0 Å². The molecule has 4 heterocycles. The number of nitriles is 1. The van der Waals surface area contributed by atoms with E-state index in [1.807, 2.05) is 40.7 Å². The van der Waals surface area contributed by atoms with Crippen molar-refractivity contribution in [3.05, 3.63) is 65.2 Å². The van der Waals surface area contributed by atoms with Gasteiger partial charge in [-0.25, -0.2) is 14.6 Å². The Hall–Kier alpha value is -4.32. The van der Waals surface area contributed by atoms with Crippen LogP contribution in [0.2, 0.25) is 0 Å². The summed E-state index contributed by atoms with van der Waals surface area (Å²) in [6, 6.07) is 13.1. The summed E-state index contributed by atoms with van der Waals surface area (Å²) in [6.07, 6.45) is 3.21. The topological polar surface area (TPSA) is 110 Å². The van der Waals surface area contributed by atoms with Gasteiger partial charge in [-0.15, -0.1) is 0 Å². The Kier molecular flexibility index (Phi) is 4.98. The molecule has 1 aromatic carbocycles. The van der Waals surface area contributed by atoms with Crippen molar-refractivity contribution in [1.29, 1.82) is 5.26 Å². The minimum Gasteiger partial charge on any atom is -0.338 e. The van der Waals surface area contributed by atoms with Gasteiger partial charge in [0.05, 0.1) is 16.6 Å². The SMILES string of the molecule is CC(=O)c1ccc(-n2cnc3cc(CN4CCCC4=O)ccc32)nc1-n1nc(C#N)cc1C. The average Bonchev–Trinajstić information content (AvgIpc) is 3.51. The highest BCUT2D eigenvalue weighted by Crippen LogP contribution is 2.23. The van der Waals surface area contributed by atoms with E-state index in [0.717, 1.165) is 29.6 Å². The van der Waals surface area contributed by atoms with E-state index >= 15 is 0 Å². The second-order valence-corrected chi connectivity index (χ2v) is 8.15. The van der Waals surface area contributed by atoms with Gasteiger partial charge < -0.3 is 4.90 Å². The Morgan fingerprint density at radius 1 is 1.21 bits per heavy atom. The smallest absolute Gasteiger partial charge is 0.222 e. The second-order valence-electron chi connectivity index (χ2n) is 8.15. The lowest BCUT2D eigenvalue weighted by molar-refractivity contribution is -0.128. The van der Waals surface area contributed by atoms with Gasteiger partial charge in [-0.3, -0.25) is 14.2 Å². The van der Waals surface area contributed by atoms with Crippen molar-refractivity contribution in [2.75, 3.05) is 6.54 Å². The van der Waals surface area contributed by atoms with Crippen LogP contribution in [0.4, 0.5) is 0 Å². The first-order chi connectivity index (χ1) is 15.9. The van der Waals surface area contributed by atoms with Crippen LogP contribution in [0.1, 0.15) is 47.1 Å². The van der Waals surface area contributed by atoms with Gasteiger partial charge >= 0.3 is 0 Å². The molecule has 9 heteroatoms. The van der Waals surface area contributed by atoms with Crippen LogP contribution in [0.25, 0.3) is 22.7 Å². The quantitative estimate of drug-likeness (QED) is 0.442. The first-order valence-electron chi connectivity index (χ1n) is 10.7. The van der Waals surface area contributed by atoms with E-state index in [-0.39, 0.29) is 17.4 Å². The normalized spacial score (nSPS) is 13.6. The van der Waals surface area contributed by atoms with Crippen LogP contribution in [0.15, 0.2) is 42.7 Å². The largest absolute Gasteiger partial charge is 0.338 e. The molecule has 1 amide bonds. The third-order valence-corrected chi connectivity index (χ3v) is 5.85. The number of aromatic nitrogens is 5. The lowest BCUT2D eigenvalue weighted by Gasteiger charge is -2.15. The number of aryl methyl sites for hydroxylation is 1. The molecule has 164 valence electrons. The molecule has 1 saturated heterocycles. The highest BCUT2D eigenvalue weighted by molar-refractivity contribution is 5.97. The Labute approximate surface area is 189 Å². The van der Waals surface area contributed by atoms with Crippen LogP contribution < -0.4 is 0 Å². The fraction of sp³-hybridized carbons (Fsp3) is 0.250. The van der Waals surface area contributed by atoms with E-state index in [1.165, 1.54) is 11.6 Å². The van der Waals surface area contributed by atoms with Gasteiger partial charge in [0, 0.05) is 25.2 Å². The molecular formula is C24H21N7O2. The molecule has 0 saturated carbocycles. The molecule has 5 rings (SSSR count). The zero-order valence-corrected chi connectivity index (χ0v) is 18.3. The van der Waals surface area contributed by atoms with Crippen LogP contribution in [-0.2, 0) is 11.3 Å². The lowest BCUT2D eigenvalue weighted by Crippen LogP contribution is -2.23. The molecule has 4 aromatic rings. The van der Waals surface area contributed by atoms with Gasteiger partial charge in [-0.05, 0) is 56.2 Å². The van der Waals surface area contributed by atoms with Gasteiger partial charge in [0.2, 0.25) is 5.91 Å².